The minimum Gasteiger partial charge on any atom is -0.399 e. The fourth-order valence-electron chi connectivity index (χ4n) is 1.81. The van der Waals surface area contributed by atoms with Crippen LogP contribution in [0, 0.1) is 6.92 Å². The van der Waals surface area contributed by atoms with E-state index in [0.717, 1.165) is 11.0 Å². The zero-order valence-corrected chi connectivity index (χ0v) is 11.0. The van der Waals surface area contributed by atoms with Crippen LogP contribution < -0.4 is 11.0 Å². The molecule has 1 N–H and O–H groups in total. The van der Waals surface area contributed by atoms with Gasteiger partial charge in [0.1, 0.15) is 0 Å². The van der Waals surface area contributed by atoms with E-state index in [9.17, 15) is 4.79 Å². The normalized spacial score (nSPS) is 21.8. The lowest BCUT2D eigenvalue weighted by atomic mass is 9.77. The number of aryl methyl sites for hydroxylation is 1. The van der Waals surface area contributed by atoms with Crippen LogP contribution in [-0.4, -0.2) is 23.3 Å². The molecule has 4 nitrogen and oxygen atoms in total. The highest BCUT2D eigenvalue weighted by molar-refractivity contribution is 6.62. The summed E-state index contributed by atoms with van der Waals surface area (Å²) in [7, 11) is -0.420. The van der Waals surface area contributed by atoms with Gasteiger partial charge in [0.25, 0.3) is 0 Å². The molecule has 0 atom stereocenters. The van der Waals surface area contributed by atoms with E-state index in [0.29, 0.717) is 0 Å². The highest BCUT2D eigenvalue weighted by Crippen LogP contribution is 2.36. The molecule has 1 fully saturated rings. The van der Waals surface area contributed by atoms with E-state index in [1.54, 1.807) is 12.3 Å². The van der Waals surface area contributed by atoms with E-state index in [1.165, 1.54) is 0 Å². The standard InChI is InChI=1S/C12H18BNO3/c1-8-6-10(15)14-7-9(8)13-16-11(2,3)12(4,5)17-13/h6-7H,1-5H3,(H,14,15). The Morgan fingerprint density at radius 1 is 1.18 bits per heavy atom. The molecule has 17 heavy (non-hydrogen) atoms. The lowest BCUT2D eigenvalue weighted by Gasteiger charge is -2.32. The molecular formula is C12H18BNO3. The molecule has 92 valence electrons. The molecule has 1 aromatic heterocycles. The van der Waals surface area contributed by atoms with E-state index < -0.39 is 7.12 Å². The first kappa shape index (κ1) is 12.4. The fraction of sp³-hybridized carbons (Fsp3) is 0.583. The van der Waals surface area contributed by atoms with Gasteiger partial charge in [-0.1, -0.05) is 0 Å². The predicted octanol–water partition coefficient (Wildman–Crippen LogP) is 0.983. The lowest BCUT2D eigenvalue weighted by molar-refractivity contribution is 0.00578. The zero-order valence-electron chi connectivity index (χ0n) is 11.0. The largest absolute Gasteiger partial charge is 0.496 e. The van der Waals surface area contributed by atoms with Crippen LogP contribution in [0.15, 0.2) is 17.1 Å². The van der Waals surface area contributed by atoms with Gasteiger partial charge < -0.3 is 14.3 Å². The Hall–Kier alpha value is -1.07. The van der Waals surface area contributed by atoms with E-state index in [4.69, 9.17) is 9.31 Å². The molecule has 1 aliphatic rings. The van der Waals surface area contributed by atoms with Gasteiger partial charge in [-0.2, -0.15) is 0 Å². The van der Waals surface area contributed by atoms with Crippen LogP contribution in [0.5, 0.6) is 0 Å². The average Bonchev–Trinajstić information content (AvgIpc) is 2.35. The second kappa shape index (κ2) is 3.72. The maximum atomic E-state index is 11.2. The quantitative estimate of drug-likeness (QED) is 0.738. The first-order valence-electron chi connectivity index (χ1n) is 5.78. The Balaban J connectivity index is 2.35. The molecule has 2 rings (SSSR count). The smallest absolute Gasteiger partial charge is 0.399 e. The third kappa shape index (κ3) is 2.05. The molecule has 0 saturated carbocycles. The molecule has 0 bridgehead atoms. The topological polar surface area (TPSA) is 51.3 Å². The molecule has 0 spiro atoms. The highest BCUT2D eigenvalue weighted by atomic mass is 16.7. The molecule has 0 radical (unpaired) electrons. The summed E-state index contributed by atoms with van der Waals surface area (Å²) in [6.07, 6.45) is 1.67. The van der Waals surface area contributed by atoms with Crippen molar-refractivity contribution in [1.82, 2.24) is 4.98 Å². The monoisotopic (exact) mass is 235 g/mol. The SMILES string of the molecule is Cc1cc(=O)[nH]cc1B1OC(C)(C)C(C)(C)O1. The van der Waals surface area contributed by atoms with E-state index in [2.05, 4.69) is 4.98 Å². The fourth-order valence-corrected chi connectivity index (χ4v) is 1.81. The number of hydrogen-bond acceptors (Lipinski definition) is 3. The Morgan fingerprint density at radius 2 is 1.71 bits per heavy atom. The Kier molecular flexibility index (Phi) is 2.71. The van der Waals surface area contributed by atoms with Crippen LogP contribution in [0.4, 0.5) is 0 Å². The van der Waals surface area contributed by atoms with Crippen molar-refractivity contribution in [2.75, 3.05) is 0 Å². The molecule has 0 amide bonds. The van der Waals surface area contributed by atoms with Gasteiger partial charge in [-0.25, -0.2) is 0 Å². The Bertz CT molecular complexity index is 477. The molecule has 0 unspecified atom stereocenters. The van der Waals surface area contributed by atoms with Crippen LogP contribution in [0.25, 0.3) is 0 Å². The van der Waals surface area contributed by atoms with Gasteiger partial charge in [-0.15, -0.1) is 0 Å². The number of hydrogen-bond donors (Lipinski definition) is 1. The van der Waals surface area contributed by atoms with Crippen molar-refractivity contribution in [3.63, 3.8) is 0 Å². The predicted molar refractivity (Wildman–Crippen MR) is 67.5 cm³/mol. The van der Waals surface area contributed by atoms with Crippen molar-refractivity contribution in [2.24, 2.45) is 0 Å². The summed E-state index contributed by atoms with van der Waals surface area (Å²) in [4.78, 5) is 13.8. The summed E-state index contributed by atoms with van der Waals surface area (Å²) < 4.78 is 11.9. The van der Waals surface area contributed by atoms with Crippen LogP contribution in [0.2, 0.25) is 0 Å². The van der Waals surface area contributed by atoms with Gasteiger partial charge in [0.05, 0.1) is 11.2 Å². The molecular weight excluding hydrogens is 217 g/mol. The van der Waals surface area contributed by atoms with Gasteiger partial charge in [0.15, 0.2) is 0 Å². The van der Waals surface area contributed by atoms with Crippen LogP contribution in [0.1, 0.15) is 33.3 Å². The first-order valence-corrected chi connectivity index (χ1v) is 5.78. The molecule has 1 aliphatic heterocycles. The van der Waals surface area contributed by atoms with Crippen molar-refractivity contribution in [1.29, 1.82) is 0 Å². The van der Waals surface area contributed by atoms with Crippen molar-refractivity contribution in [3.05, 3.63) is 28.2 Å². The van der Waals surface area contributed by atoms with Gasteiger partial charge in [0, 0.05) is 17.7 Å². The van der Waals surface area contributed by atoms with Crippen molar-refractivity contribution in [3.8, 4) is 0 Å². The van der Waals surface area contributed by atoms with Gasteiger partial charge in [-0.3, -0.25) is 4.79 Å². The Morgan fingerprint density at radius 3 is 2.18 bits per heavy atom. The summed E-state index contributed by atoms with van der Waals surface area (Å²) in [5.74, 6) is 0. The highest BCUT2D eigenvalue weighted by Gasteiger charge is 2.52. The second-order valence-electron chi connectivity index (χ2n) is 5.52. The van der Waals surface area contributed by atoms with E-state index in [-0.39, 0.29) is 16.8 Å². The van der Waals surface area contributed by atoms with Crippen LogP contribution >= 0.6 is 0 Å². The molecule has 1 saturated heterocycles. The maximum Gasteiger partial charge on any atom is 0.496 e. The summed E-state index contributed by atoms with van der Waals surface area (Å²) in [5.41, 5.74) is 0.929. The lowest BCUT2D eigenvalue weighted by Crippen LogP contribution is -2.41. The van der Waals surface area contributed by atoms with E-state index in [1.807, 2.05) is 34.6 Å². The van der Waals surface area contributed by atoms with Gasteiger partial charge >= 0.3 is 7.12 Å². The Labute approximate surface area is 101 Å². The number of nitrogens with one attached hydrogen (secondary N) is 1. The number of rotatable bonds is 1. The van der Waals surface area contributed by atoms with Crippen LogP contribution in [0.3, 0.4) is 0 Å². The van der Waals surface area contributed by atoms with Crippen molar-refractivity contribution < 1.29 is 9.31 Å². The average molecular weight is 235 g/mol. The molecule has 1 aromatic rings. The summed E-state index contributed by atoms with van der Waals surface area (Å²) in [5, 5.41) is 0. The molecule has 0 aromatic carbocycles. The maximum absolute atomic E-state index is 11.2. The third-order valence-corrected chi connectivity index (χ3v) is 3.68. The number of H-pyrrole nitrogens is 1. The van der Waals surface area contributed by atoms with Gasteiger partial charge in [-0.05, 0) is 40.2 Å². The summed E-state index contributed by atoms with van der Waals surface area (Å²) >= 11 is 0. The molecule has 5 heteroatoms. The summed E-state index contributed by atoms with van der Waals surface area (Å²) in [6, 6.07) is 1.56. The molecule has 2 heterocycles. The molecule has 0 aliphatic carbocycles. The zero-order chi connectivity index (χ0) is 12.8. The van der Waals surface area contributed by atoms with Crippen LogP contribution in [-0.2, 0) is 9.31 Å². The number of pyridine rings is 1. The summed E-state index contributed by atoms with van der Waals surface area (Å²) in [6.45, 7) is 9.92. The number of aromatic nitrogens is 1. The second-order valence-corrected chi connectivity index (χ2v) is 5.52. The minimum absolute atomic E-state index is 0.109. The van der Waals surface area contributed by atoms with Crippen molar-refractivity contribution in [2.45, 2.75) is 45.8 Å². The van der Waals surface area contributed by atoms with Gasteiger partial charge in [0.2, 0.25) is 5.56 Å². The minimum atomic E-state index is -0.420. The van der Waals surface area contributed by atoms with Crippen molar-refractivity contribution >= 4 is 12.6 Å². The number of aromatic amines is 1. The van der Waals surface area contributed by atoms with E-state index >= 15 is 0 Å². The first-order chi connectivity index (χ1) is 7.73. The third-order valence-electron chi connectivity index (χ3n) is 3.68.